The van der Waals surface area contributed by atoms with Crippen molar-refractivity contribution >= 4 is 49.8 Å². The molecule has 0 atom stereocenters. The van der Waals surface area contributed by atoms with Crippen LogP contribution in [0.2, 0.25) is 0 Å². The first-order valence-corrected chi connectivity index (χ1v) is 14.8. The van der Waals surface area contributed by atoms with Crippen molar-refractivity contribution in [2.75, 3.05) is 4.90 Å². The summed E-state index contributed by atoms with van der Waals surface area (Å²) < 4.78 is 4.64. The summed E-state index contributed by atoms with van der Waals surface area (Å²) in [6.07, 6.45) is 2.18. The van der Waals surface area contributed by atoms with E-state index in [1.807, 2.05) is 24.3 Å². The summed E-state index contributed by atoms with van der Waals surface area (Å²) in [5.74, 6) is 0. The van der Waals surface area contributed by atoms with Crippen molar-refractivity contribution in [3.05, 3.63) is 151 Å². The predicted octanol–water partition coefficient (Wildman–Crippen LogP) is 9.92. The van der Waals surface area contributed by atoms with Crippen LogP contribution in [-0.2, 0) is 0 Å². The molecule has 0 amide bonds. The van der Waals surface area contributed by atoms with Crippen molar-refractivity contribution in [2.45, 2.75) is 0 Å². The monoisotopic (exact) mass is 573 g/mol. The van der Waals surface area contributed by atoms with E-state index < -0.39 is 0 Å². The number of benzene rings is 6. The van der Waals surface area contributed by atoms with Crippen molar-refractivity contribution in [1.29, 1.82) is 10.5 Å². The number of hydrogen-bond donors (Lipinski definition) is 0. The van der Waals surface area contributed by atoms with Gasteiger partial charge < -0.3 is 14.0 Å². The van der Waals surface area contributed by atoms with Gasteiger partial charge in [0.05, 0.1) is 56.9 Å². The van der Waals surface area contributed by atoms with Crippen LogP contribution in [0.15, 0.2) is 140 Å². The molecule has 8 aromatic rings. The molecule has 0 unspecified atom stereocenters. The van der Waals surface area contributed by atoms with E-state index in [0.29, 0.717) is 11.1 Å². The molecule has 0 N–H and O–H groups in total. The fraction of sp³-hybridized carbons (Fsp3) is 0. The molecule has 5 heteroatoms. The van der Waals surface area contributed by atoms with Crippen LogP contribution in [0.3, 0.4) is 0 Å². The summed E-state index contributed by atoms with van der Waals surface area (Å²) in [7, 11) is 0. The van der Waals surface area contributed by atoms with E-state index >= 15 is 0 Å². The number of aromatic nitrogens is 2. The van der Waals surface area contributed by atoms with Crippen LogP contribution in [-0.4, -0.2) is 9.13 Å². The van der Waals surface area contributed by atoms with Crippen LogP contribution in [0.25, 0.3) is 55.2 Å². The minimum Gasteiger partial charge on any atom is -0.313 e. The van der Waals surface area contributed by atoms with Gasteiger partial charge in [-0.05, 0) is 83.9 Å². The summed E-state index contributed by atoms with van der Waals surface area (Å²) in [5, 5.41) is 22.7. The number of rotatable bonds is 3. The molecule has 0 radical (unpaired) electrons. The Balaban J connectivity index is 1.36. The maximum absolute atomic E-state index is 9.60. The quantitative estimate of drug-likeness (QED) is 0.211. The molecule has 0 fully saturated rings. The zero-order valence-corrected chi connectivity index (χ0v) is 24.0. The van der Waals surface area contributed by atoms with Gasteiger partial charge in [0.25, 0.3) is 0 Å². The lowest BCUT2D eigenvalue weighted by molar-refractivity contribution is 1.08. The van der Waals surface area contributed by atoms with E-state index in [9.17, 15) is 10.5 Å². The number of anilines is 3. The van der Waals surface area contributed by atoms with E-state index in [1.165, 1.54) is 16.3 Å². The third-order valence-electron chi connectivity index (χ3n) is 8.85. The highest BCUT2D eigenvalue weighted by Gasteiger charge is 2.30. The molecule has 1 aliphatic heterocycles. The van der Waals surface area contributed by atoms with Crippen LogP contribution in [0.5, 0.6) is 0 Å². The molecular weight excluding hydrogens is 550 g/mol. The van der Waals surface area contributed by atoms with Crippen LogP contribution in [0.1, 0.15) is 11.1 Å². The minimum absolute atomic E-state index is 0.471. The molecule has 0 saturated heterocycles. The molecule has 0 saturated carbocycles. The summed E-state index contributed by atoms with van der Waals surface area (Å²) in [5.41, 5.74) is 11.7. The zero-order chi connectivity index (χ0) is 30.1. The van der Waals surface area contributed by atoms with Crippen LogP contribution >= 0.6 is 0 Å². The summed E-state index contributed by atoms with van der Waals surface area (Å²) in [6.45, 7) is 0. The van der Waals surface area contributed by atoms with Gasteiger partial charge in [0.1, 0.15) is 0 Å². The molecule has 1 aliphatic rings. The summed E-state index contributed by atoms with van der Waals surface area (Å²) in [4.78, 5) is 2.41. The first-order valence-electron chi connectivity index (χ1n) is 14.8. The second-order valence-corrected chi connectivity index (χ2v) is 11.3. The minimum atomic E-state index is 0.471. The molecule has 9 rings (SSSR count). The Bertz CT molecular complexity index is 2540. The normalized spacial score (nSPS) is 11.9. The zero-order valence-electron chi connectivity index (χ0n) is 24.0. The molecule has 45 heavy (non-hydrogen) atoms. The van der Waals surface area contributed by atoms with Gasteiger partial charge in [-0.1, -0.05) is 60.7 Å². The molecule has 208 valence electrons. The average Bonchev–Trinajstić information content (AvgIpc) is 3.69. The number of hydrogen-bond acceptors (Lipinski definition) is 3. The lowest BCUT2D eigenvalue weighted by Crippen LogP contribution is -2.18. The Morgan fingerprint density at radius 3 is 2.11 bits per heavy atom. The Morgan fingerprint density at radius 2 is 1.29 bits per heavy atom. The highest BCUT2D eigenvalue weighted by molar-refractivity contribution is 6.20. The van der Waals surface area contributed by atoms with Crippen LogP contribution in [0.4, 0.5) is 17.1 Å². The Kier molecular flexibility index (Phi) is 5.26. The number of nitrogens with zero attached hydrogens (tertiary/aromatic N) is 5. The fourth-order valence-corrected chi connectivity index (χ4v) is 7.00. The molecule has 2 aromatic heterocycles. The Labute approximate surface area is 259 Å². The molecule has 6 aromatic carbocycles. The number of fused-ring (bicyclic) bond motifs is 6. The van der Waals surface area contributed by atoms with Gasteiger partial charge in [-0.25, -0.2) is 0 Å². The Morgan fingerprint density at radius 1 is 0.533 bits per heavy atom. The summed E-state index contributed by atoms with van der Waals surface area (Å²) in [6, 6.07) is 50.4. The third kappa shape index (κ3) is 3.59. The average molecular weight is 574 g/mol. The van der Waals surface area contributed by atoms with Crippen LogP contribution < -0.4 is 4.90 Å². The molecule has 0 spiro atoms. The lowest BCUT2D eigenvalue weighted by Gasteiger charge is -2.33. The van der Waals surface area contributed by atoms with E-state index in [4.69, 9.17) is 0 Å². The van der Waals surface area contributed by atoms with Crippen LogP contribution in [0, 0.1) is 22.7 Å². The smallest absolute Gasteiger partial charge is 0.0992 e. The van der Waals surface area contributed by atoms with Crippen molar-refractivity contribution < 1.29 is 0 Å². The second-order valence-electron chi connectivity index (χ2n) is 11.3. The van der Waals surface area contributed by atoms with Crippen molar-refractivity contribution in [2.24, 2.45) is 0 Å². The van der Waals surface area contributed by atoms with Gasteiger partial charge >= 0.3 is 0 Å². The van der Waals surface area contributed by atoms with Crippen molar-refractivity contribution in [1.82, 2.24) is 9.13 Å². The van der Waals surface area contributed by atoms with Gasteiger partial charge in [-0.15, -0.1) is 0 Å². The van der Waals surface area contributed by atoms with E-state index in [2.05, 4.69) is 135 Å². The molecular formula is C40H23N5. The SMILES string of the molecule is N#Cc1cc(C#N)cc(-c2cccc(-n3c4ccccc4c4c5c(ccc43)-n3ccc4cccc(c43)N5c3ccccc3)c2)c1. The maximum Gasteiger partial charge on any atom is 0.0992 e. The third-order valence-corrected chi connectivity index (χ3v) is 8.85. The standard InChI is InChI=1S/C40H23N5/c41-24-26-20-27(25-42)22-30(21-26)29-9-6-12-32(23-29)44-34-14-5-4-13-33(34)38-35(44)16-17-36-40(38)45(31-10-2-1-3-11-31)37-15-7-8-28-18-19-43(36)39(28)37/h1-23H. The summed E-state index contributed by atoms with van der Waals surface area (Å²) >= 11 is 0. The number of para-hydroxylation sites is 3. The van der Waals surface area contributed by atoms with Gasteiger partial charge in [0, 0.05) is 33.7 Å². The van der Waals surface area contributed by atoms with E-state index in [-0.39, 0.29) is 0 Å². The second kappa shape index (κ2) is 9.47. The number of nitriles is 2. The first kappa shape index (κ1) is 25.0. The predicted molar refractivity (Wildman–Crippen MR) is 181 cm³/mol. The van der Waals surface area contributed by atoms with E-state index in [0.717, 1.165) is 56.0 Å². The van der Waals surface area contributed by atoms with Gasteiger partial charge in [-0.2, -0.15) is 10.5 Å². The molecule has 5 nitrogen and oxygen atoms in total. The molecule has 0 aliphatic carbocycles. The highest BCUT2D eigenvalue weighted by atomic mass is 15.2. The van der Waals surface area contributed by atoms with Gasteiger partial charge in [0.15, 0.2) is 0 Å². The van der Waals surface area contributed by atoms with Crippen molar-refractivity contribution in [3.63, 3.8) is 0 Å². The largest absolute Gasteiger partial charge is 0.313 e. The topological polar surface area (TPSA) is 60.7 Å². The fourth-order valence-electron chi connectivity index (χ4n) is 7.00. The highest BCUT2D eigenvalue weighted by Crippen LogP contribution is 2.51. The Hall–Kier alpha value is -6.56. The maximum atomic E-state index is 9.60. The lowest BCUT2D eigenvalue weighted by atomic mass is 10.00. The van der Waals surface area contributed by atoms with Gasteiger partial charge in [0.2, 0.25) is 0 Å². The first-order chi connectivity index (χ1) is 22.2. The van der Waals surface area contributed by atoms with E-state index in [1.54, 1.807) is 6.07 Å². The molecule has 3 heterocycles. The molecule has 0 bridgehead atoms. The van der Waals surface area contributed by atoms with Crippen molar-refractivity contribution in [3.8, 4) is 34.6 Å². The van der Waals surface area contributed by atoms with Gasteiger partial charge in [-0.3, -0.25) is 0 Å².